The van der Waals surface area contributed by atoms with Crippen LogP contribution in [0.5, 0.6) is 11.5 Å². The summed E-state index contributed by atoms with van der Waals surface area (Å²) in [5, 5.41) is 3.35. The number of ether oxygens (including phenoxy) is 2. The van der Waals surface area contributed by atoms with Crippen LogP contribution in [0.4, 0.5) is 0 Å². The molecular weight excluding hydrogens is 282 g/mol. The van der Waals surface area contributed by atoms with E-state index in [1.54, 1.807) is 18.9 Å². The summed E-state index contributed by atoms with van der Waals surface area (Å²) in [6, 6.07) is 16.2. The molecule has 0 saturated heterocycles. The molecule has 0 fully saturated rings. The highest BCUT2D eigenvalue weighted by Gasteiger charge is 2.07. The van der Waals surface area contributed by atoms with Gasteiger partial charge >= 0.3 is 0 Å². The van der Waals surface area contributed by atoms with Crippen LogP contribution in [0.3, 0.4) is 0 Å². The van der Waals surface area contributed by atoms with Crippen LogP contribution in [0.25, 0.3) is 0 Å². The number of thioether (sulfide) groups is 1. The molecule has 0 aliphatic carbocycles. The summed E-state index contributed by atoms with van der Waals surface area (Å²) in [5.74, 6) is 1.79. The number of nitrogens with one attached hydrogen (secondary N) is 1. The van der Waals surface area contributed by atoms with Gasteiger partial charge in [-0.15, -0.1) is 11.8 Å². The molecule has 2 aromatic carbocycles. The highest BCUT2D eigenvalue weighted by molar-refractivity contribution is 7.98. The van der Waals surface area contributed by atoms with Gasteiger partial charge in [0.1, 0.15) is 11.5 Å². The van der Waals surface area contributed by atoms with Crippen LogP contribution < -0.4 is 10.1 Å². The lowest BCUT2D eigenvalue weighted by atomic mass is 10.2. The summed E-state index contributed by atoms with van der Waals surface area (Å²) in [7, 11) is 1.71. The molecule has 0 aliphatic heterocycles. The molecule has 0 amide bonds. The first kappa shape index (κ1) is 15.9. The molecule has 0 atom stereocenters. The second kappa shape index (κ2) is 8.72. The lowest BCUT2D eigenvalue weighted by Gasteiger charge is -2.13. The Labute approximate surface area is 130 Å². The van der Waals surface area contributed by atoms with Gasteiger partial charge in [-0.2, -0.15) is 0 Å². The average Bonchev–Trinajstić information content (AvgIpc) is 2.53. The fraction of sp³-hybridized carbons (Fsp3) is 0.294. The SMILES string of the molecule is COCCNCc1ccccc1Oc1ccccc1SC. The monoisotopic (exact) mass is 303 g/mol. The van der Waals surface area contributed by atoms with Crippen LogP contribution in [-0.4, -0.2) is 26.5 Å². The Bertz CT molecular complexity index is 560. The predicted molar refractivity (Wildman–Crippen MR) is 88.3 cm³/mol. The minimum absolute atomic E-state index is 0.707. The minimum atomic E-state index is 0.707. The number of hydrogen-bond donors (Lipinski definition) is 1. The van der Waals surface area contributed by atoms with Gasteiger partial charge in [0.25, 0.3) is 0 Å². The Hall–Kier alpha value is -1.49. The molecule has 2 aromatic rings. The number of hydrogen-bond acceptors (Lipinski definition) is 4. The molecule has 2 rings (SSSR count). The second-order valence-electron chi connectivity index (χ2n) is 4.53. The molecule has 0 unspecified atom stereocenters. The molecule has 0 spiro atoms. The molecule has 0 bridgehead atoms. The van der Waals surface area contributed by atoms with Crippen molar-refractivity contribution in [3.8, 4) is 11.5 Å². The van der Waals surface area contributed by atoms with Crippen molar-refractivity contribution in [2.24, 2.45) is 0 Å². The van der Waals surface area contributed by atoms with E-state index in [9.17, 15) is 0 Å². The standard InChI is InChI=1S/C17H21NO2S/c1-19-12-11-18-13-14-7-3-4-8-15(14)20-16-9-5-6-10-17(16)21-2/h3-10,18H,11-13H2,1-2H3. The van der Waals surface area contributed by atoms with Gasteiger partial charge in [0.15, 0.2) is 0 Å². The third kappa shape index (κ3) is 4.77. The zero-order valence-electron chi connectivity index (χ0n) is 12.5. The van der Waals surface area contributed by atoms with Crippen molar-refractivity contribution in [2.75, 3.05) is 26.5 Å². The van der Waals surface area contributed by atoms with E-state index >= 15 is 0 Å². The lowest BCUT2D eigenvalue weighted by Crippen LogP contribution is -2.18. The first-order valence-corrected chi connectivity index (χ1v) is 8.16. The normalized spacial score (nSPS) is 10.6. The summed E-state index contributed by atoms with van der Waals surface area (Å²) in [6.45, 7) is 2.30. The maximum atomic E-state index is 6.10. The summed E-state index contributed by atoms with van der Waals surface area (Å²) < 4.78 is 11.1. The van der Waals surface area contributed by atoms with E-state index in [4.69, 9.17) is 9.47 Å². The summed E-state index contributed by atoms with van der Waals surface area (Å²) in [4.78, 5) is 1.14. The van der Waals surface area contributed by atoms with Crippen LogP contribution in [-0.2, 0) is 11.3 Å². The van der Waals surface area contributed by atoms with Crippen molar-refractivity contribution in [3.05, 3.63) is 54.1 Å². The Morgan fingerprint density at radius 2 is 1.71 bits per heavy atom. The topological polar surface area (TPSA) is 30.5 Å². The first-order valence-electron chi connectivity index (χ1n) is 6.93. The van der Waals surface area contributed by atoms with Crippen molar-refractivity contribution in [1.29, 1.82) is 0 Å². The van der Waals surface area contributed by atoms with E-state index in [1.165, 1.54) is 0 Å². The molecule has 0 aliphatic rings. The Kier molecular flexibility index (Phi) is 6.60. The molecule has 0 saturated carbocycles. The highest BCUT2D eigenvalue weighted by Crippen LogP contribution is 2.32. The smallest absolute Gasteiger partial charge is 0.140 e. The lowest BCUT2D eigenvalue weighted by molar-refractivity contribution is 0.199. The summed E-state index contributed by atoms with van der Waals surface area (Å²) in [6.07, 6.45) is 2.06. The van der Waals surface area contributed by atoms with Gasteiger partial charge in [0.2, 0.25) is 0 Å². The predicted octanol–water partition coefficient (Wildman–Crippen LogP) is 3.94. The average molecular weight is 303 g/mol. The molecule has 112 valence electrons. The van der Waals surface area contributed by atoms with Crippen molar-refractivity contribution in [2.45, 2.75) is 11.4 Å². The fourth-order valence-corrected chi connectivity index (χ4v) is 2.49. The third-order valence-corrected chi connectivity index (χ3v) is 3.84. The van der Waals surface area contributed by atoms with Crippen LogP contribution in [0.15, 0.2) is 53.4 Å². The van der Waals surface area contributed by atoms with Crippen molar-refractivity contribution in [3.63, 3.8) is 0 Å². The van der Waals surface area contributed by atoms with E-state index < -0.39 is 0 Å². The summed E-state index contributed by atoms with van der Waals surface area (Å²) in [5.41, 5.74) is 1.14. The number of benzene rings is 2. The Balaban J connectivity index is 2.09. The zero-order valence-corrected chi connectivity index (χ0v) is 13.3. The summed E-state index contributed by atoms with van der Waals surface area (Å²) >= 11 is 1.69. The van der Waals surface area contributed by atoms with E-state index in [-0.39, 0.29) is 0 Å². The molecule has 1 N–H and O–H groups in total. The Morgan fingerprint density at radius 1 is 1.00 bits per heavy atom. The van der Waals surface area contributed by atoms with Gasteiger partial charge in [-0.25, -0.2) is 0 Å². The molecule has 4 heteroatoms. The number of rotatable bonds is 8. The highest BCUT2D eigenvalue weighted by atomic mass is 32.2. The van der Waals surface area contributed by atoms with Crippen molar-refractivity contribution >= 4 is 11.8 Å². The molecule has 3 nitrogen and oxygen atoms in total. The molecular formula is C17H21NO2S. The molecule has 0 heterocycles. The van der Waals surface area contributed by atoms with Crippen LogP contribution in [0.2, 0.25) is 0 Å². The van der Waals surface area contributed by atoms with Crippen molar-refractivity contribution in [1.82, 2.24) is 5.32 Å². The molecule has 0 radical (unpaired) electrons. The van der Waals surface area contributed by atoms with Crippen LogP contribution >= 0.6 is 11.8 Å². The van der Waals surface area contributed by atoms with Gasteiger partial charge in [0.05, 0.1) is 6.61 Å². The fourth-order valence-electron chi connectivity index (χ4n) is 1.97. The molecule has 0 aromatic heterocycles. The van der Waals surface area contributed by atoms with Crippen LogP contribution in [0.1, 0.15) is 5.56 Å². The zero-order chi connectivity index (χ0) is 14.9. The van der Waals surface area contributed by atoms with E-state index in [0.717, 1.165) is 35.0 Å². The Morgan fingerprint density at radius 3 is 2.48 bits per heavy atom. The van der Waals surface area contributed by atoms with Gasteiger partial charge in [-0.1, -0.05) is 30.3 Å². The maximum Gasteiger partial charge on any atom is 0.140 e. The number of methoxy groups -OCH3 is 1. The quantitative estimate of drug-likeness (QED) is 0.591. The van der Waals surface area contributed by atoms with Crippen LogP contribution in [0, 0.1) is 0 Å². The minimum Gasteiger partial charge on any atom is -0.456 e. The van der Waals surface area contributed by atoms with E-state index in [0.29, 0.717) is 6.61 Å². The largest absolute Gasteiger partial charge is 0.456 e. The first-order chi connectivity index (χ1) is 10.3. The van der Waals surface area contributed by atoms with Gasteiger partial charge in [-0.05, 0) is 24.5 Å². The van der Waals surface area contributed by atoms with Gasteiger partial charge in [-0.3, -0.25) is 0 Å². The van der Waals surface area contributed by atoms with E-state index in [1.807, 2.05) is 36.4 Å². The molecule has 21 heavy (non-hydrogen) atoms. The van der Waals surface area contributed by atoms with Crippen molar-refractivity contribution < 1.29 is 9.47 Å². The number of para-hydroxylation sites is 2. The van der Waals surface area contributed by atoms with Gasteiger partial charge < -0.3 is 14.8 Å². The second-order valence-corrected chi connectivity index (χ2v) is 5.38. The van der Waals surface area contributed by atoms with E-state index in [2.05, 4.69) is 23.7 Å². The third-order valence-electron chi connectivity index (χ3n) is 3.06. The maximum absolute atomic E-state index is 6.10. The van der Waals surface area contributed by atoms with Gasteiger partial charge in [0, 0.05) is 30.7 Å².